The molecule has 1 amide bonds. The number of aryl methyl sites for hydroxylation is 2. The molecule has 0 saturated carbocycles. The van der Waals surface area contributed by atoms with Crippen LogP contribution in [0.15, 0.2) is 42.5 Å². The Kier molecular flexibility index (Phi) is 3.33. The van der Waals surface area contributed by atoms with E-state index in [0.29, 0.717) is 5.69 Å². The summed E-state index contributed by atoms with van der Waals surface area (Å²) in [6.07, 6.45) is -1.05. The molecule has 0 saturated heterocycles. The van der Waals surface area contributed by atoms with Gasteiger partial charge in [0.05, 0.1) is 5.69 Å². The van der Waals surface area contributed by atoms with E-state index in [1.807, 2.05) is 56.3 Å². The van der Waals surface area contributed by atoms with Crippen LogP contribution in [0, 0.1) is 13.8 Å². The maximum atomic E-state index is 10.8. The van der Waals surface area contributed by atoms with Crippen LogP contribution >= 0.6 is 0 Å². The minimum absolute atomic E-state index is 0.619. The SMILES string of the molecule is Cc1cccc(-c2ccc(C)cc2NC(=O)O)c1. The standard InChI is InChI=1S/C15H15NO2/c1-10-4-3-5-12(8-10)13-7-6-11(2)9-14(13)16-15(17)18/h3-9,16H,1-2H3,(H,17,18). The molecular formula is C15H15NO2. The monoisotopic (exact) mass is 241 g/mol. The summed E-state index contributed by atoms with van der Waals surface area (Å²) in [7, 11) is 0. The van der Waals surface area contributed by atoms with Gasteiger partial charge in [-0.15, -0.1) is 0 Å². The quantitative estimate of drug-likeness (QED) is 0.833. The lowest BCUT2D eigenvalue weighted by Gasteiger charge is -2.11. The molecule has 0 spiro atoms. The van der Waals surface area contributed by atoms with Gasteiger partial charge in [-0.25, -0.2) is 4.79 Å². The van der Waals surface area contributed by atoms with E-state index < -0.39 is 6.09 Å². The fraction of sp³-hybridized carbons (Fsp3) is 0.133. The predicted octanol–water partition coefficient (Wildman–Crippen LogP) is 4.06. The van der Waals surface area contributed by atoms with Crippen LogP contribution < -0.4 is 5.32 Å². The summed E-state index contributed by atoms with van der Waals surface area (Å²) in [4.78, 5) is 10.8. The number of hydrogen-bond acceptors (Lipinski definition) is 1. The Morgan fingerprint density at radius 3 is 2.44 bits per heavy atom. The van der Waals surface area contributed by atoms with Gasteiger partial charge in [-0.3, -0.25) is 5.32 Å². The first kappa shape index (κ1) is 12.2. The van der Waals surface area contributed by atoms with E-state index in [-0.39, 0.29) is 0 Å². The van der Waals surface area contributed by atoms with Crippen LogP contribution in [0.5, 0.6) is 0 Å². The molecule has 0 unspecified atom stereocenters. The van der Waals surface area contributed by atoms with Gasteiger partial charge < -0.3 is 5.11 Å². The summed E-state index contributed by atoms with van der Waals surface area (Å²) >= 11 is 0. The highest BCUT2D eigenvalue weighted by molar-refractivity contribution is 5.90. The topological polar surface area (TPSA) is 49.3 Å². The first-order valence-electron chi connectivity index (χ1n) is 5.74. The largest absolute Gasteiger partial charge is 0.465 e. The van der Waals surface area contributed by atoms with Gasteiger partial charge in [0.1, 0.15) is 0 Å². The summed E-state index contributed by atoms with van der Waals surface area (Å²) in [5.74, 6) is 0. The third-order valence-electron chi connectivity index (χ3n) is 2.75. The maximum absolute atomic E-state index is 10.8. The zero-order valence-electron chi connectivity index (χ0n) is 10.4. The zero-order valence-corrected chi connectivity index (χ0v) is 10.4. The van der Waals surface area contributed by atoms with Crippen molar-refractivity contribution in [1.82, 2.24) is 0 Å². The second-order valence-corrected chi connectivity index (χ2v) is 4.35. The number of hydrogen-bond donors (Lipinski definition) is 2. The molecule has 3 nitrogen and oxygen atoms in total. The Bertz CT molecular complexity index is 591. The summed E-state index contributed by atoms with van der Waals surface area (Å²) < 4.78 is 0. The maximum Gasteiger partial charge on any atom is 0.409 e. The van der Waals surface area contributed by atoms with Crippen molar-refractivity contribution in [2.24, 2.45) is 0 Å². The molecule has 18 heavy (non-hydrogen) atoms. The van der Waals surface area contributed by atoms with Gasteiger partial charge in [0, 0.05) is 5.56 Å². The van der Waals surface area contributed by atoms with Crippen LogP contribution in [0.3, 0.4) is 0 Å². The molecule has 0 aliphatic rings. The van der Waals surface area contributed by atoms with Crippen LogP contribution in [0.25, 0.3) is 11.1 Å². The van der Waals surface area contributed by atoms with E-state index >= 15 is 0 Å². The fourth-order valence-corrected chi connectivity index (χ4v) is 1.94. The molecular weight excluding hydrogens is 226 g/mol. The van der Waals surface area contributed by atoms with Gasteiger partial charge in [0.2, 0.25) is 0 Å². The molecule has 92 valence electrons. The Morgan fingerprint density at radius 1 is 1.06 bits per heavy atom. The van der Waals surface area contributed by atoms with Gasteiger partial charge in [0.15, 0.2) is 0 Å². The minimum Gasteiger partial charge on any atom is -0.465 e. The van der Waals surface area contributed by atoms with Crippen LogP contribution in [0.2, 0.25) is 0 Å². The lowest BCUT2D eigenvalue weighted by molar-refractivity contribution is 0.210. The summed E-state index contributed by atoms with van der Waals surface area (Å²) in [6, 6.07) is 13.8. The first-order chi connectivity index (χ1) is 8.56. The number of nitrogens with one attached hydrogen (secondary N) is 1. The number of rotatable bonds is 2. The van der Waals surface area contributed by atoms with Crippen molar-refractivity contribution in [2.45, 2.75) is 13.8 Å². The minimum atomic E-state index is -1.05. The molecule has 2 rings (SSSR count). The zero-order chi connectivity index (χ0) is 13.1. The van der Waals surface area contributed by atoms with Crippen molar-refractivity contribution < 1.29 is 9.90 Å². The summed E-state index contributed by atoms with van der Waals surface area (Å²) in [6.45, 7) is 3.95. The van der Waals surface area contributed by atoms with E-state index in [4.69, 9.17) is 5.11 Å². The summed E-state index contributed by atoms with van der Waals surface area (Å²) in [5, 5.41) is 11.3. The number of carbonyl (C=O) groups is 1. The number of carboxylic acid groups (broad SMARTS) is 1. The average molecular weight is 241 g/mol. The molecule has 0 aliphatic carbocycles. The molecule has 2 N–H and O–H groups in total. The molecule has 3 heteroatoms. The number of benzene rings is 2. The Morgan fingerprint density at radius 2 is 1.78 bits per heavy atom. The molecule has 0 radical (unpaired) electrons. The smallest absolute Gasteiger partial charge is 0.409 e. The van der Waals surface area contributed by atoms with Gasteiger partial charge in [0.25, 0.3) is 0 Å². The van der Waals surface area contributed by atoms with Crippen molar-refractivity contribution in [3.8, 4) is 11.1 Å². The third kappa shape index (κ3) is 2.69. The Hall–Kier alpha value is -2.29. The van der Waals surface area contributed by atoms with Crippen molar-refractivity contribution >= 4 is 11.8 Å². The average Bonchev–Trinajstić information content (AvgIpc) is 2.28. The normalized spacial score (nSPS) is 10.1. The highest BCUT2D eigenvalue weighted by atomic mass is 16.4. The van der Waals surface area contributed by atoms with Crippen LogP contribution in [0.4, 0.5) is 10.5 Å². The highest BCUT2D eigenvalue weighted by Crippen LogP contribution is 2.29. The molecule has 0 aromatic heterocycles. The van der Waals surface area contributed by atoms with Crippen LogP contribution in [0.1, 0.15) is 11.1 Å². The Balaban J connectivity index is 2.52. The number of amides is 1. The molecule has 0 aliphatic heterocycles. The van der Waals surface area contributed by atoms with Crippen molar-refractivity contribution in [3.63, 3.8) is 0 Å². The molecule has 0 heterocycles. The predicted molar refractivity (Wildman–Crippen MR) is 73.0 cm³/mol. The van der Waals surface area contributed by atoms with Crippen LogP contribution in [-0.4, -0.2) is 11.2 Å². The fourth-order valence-electron chi connectivity index (χ4n) is 1.94. The Labute approximate surface area is 106 Å². The van der Waals surface area contributed by atoms with Crippen molar-refractivity contribution in [3.05, 3.63) is 53.6 Å². The molecule has 2 aromatic rings. The second-order valence-electron chi connectivity index (χ2n) is 4.35. The van der Waals surface area contributed by atoms with Crippen molar-refractivity contribution in [1.29, 1.82) is 0 Å². The number of anilines is 1. The van der Waals surface area contributed by atoms with Crippen LogP contribution in [-0.2, 0) is 0 Å². The van der Waals surface area contributed by atoms with E-state index in [2.05, 4.69) is 5.32 Å². The highest BCUT2D eigenvalue weighted by Gasteiger charge is 2.08. The van der Waals surface area contributed by atoms with Gasteiger partial charge in [-0.2, -0.15) is 0 Å². The molecule has 0 fully saturated rings. The lowest BCUT2D eigenvalue weighted by atomic mass is 10.0. The third-order valence-corrected chi connectivity index (χ3v) is 2.75. The van der Waals surface area contributed by atoms with E-state index in [1.165, 1.54) is 0 Å². The molecule has 0 bridgehead atoms. The van der Waals surface area contributed by atoms with E-state index in [1.54, 1.807) is 0 Å². The van der Waals surface area contributed by atoms with Gasteiger partial charge in [-0.05, 0) is 31.0 Å². The van der Waals surface area contributed by atoms with E-state index in [0.717, 1.165) is 22.3 Å². The summed E-state index contributed by atoms with van der Waals surface area (Å²) in [5.41, 5.74) is 4.70. The van der Waals surface area contributed by atoms with Gasteiger partial charge >= 0.3 is 6.09 Å². The second kappa shape index (κ2) is 4.92. The van der Waals surface area contributed by atoms with E-state index in [9.17, 15) is 4.79 Å². The molecule has 0 atom stereocenters. The molecule has 2 aromatic carbocycles. The lowest BCUT2D eigenvalue weighted by Crippen LogP contribution is -2.08. The van der Waals surface area contributed by atoms with Gasteiger partial charge in [-0.1, -0.05) is 42.0 Å². The first-order valence-corrected chi connectivity index (χ1v) is 5.74. The van der Waals surface area contributed by atoms with Crippen molar-refractivity contribution in [2.75, 3.05) is 5.32 Å².